The number of urea groups is 1. The van der Waals surface area contributed by atoms with Crippen molar-refractivity contribution >= 4 is 29.0 Å². The van der Waals surface area contributed by atoms with Gasteiger partial charge in [0.25, 0.3) is 0 Å². The molecule has 16 heteroatoms. The highest BCUT2D eigenvalue weighted by Crippen LogP contribution is 2.50. The van der Waals surface area contributed by atoms with Crippen molar-refractivity contribution in [2.45, 2.75) is 69.7 Å². The van der Waals surface area contributed by atoms with E-state index in [1.807, 2.05) is 62.4 Å². The SMILES string of the molecule is CC(C)N1C(=O)N(c2ccc(N3CCN(c4ccc(OC[C@H]5OC[C@](Cn6cncn6)(c6ccc(F)cc6F)O5)cc4)CC3)cc2)CC1CC(O)C1(C(N)=O)CC1. The molecular weight excluding hydrogens is 738 g/mol. The number of hydrogen-bond acceptors (Lipinski definition) is 10. The highest BCUT2D eigenvalue weighted by Gasteiger charge is 2.56. The lowest BCUT2D eigenvalue weighted by Crippen LogP contribution is -2.46. The number of aromatic nitrogens is 3. The van der Waals surface area contributed by atoms with Gasteiger partial charge in [-0.1, -0.05) is 6.07 Å². The van der Waals surface area contributed by atoms with Crippen molar-refractivity contribution in [3.8, 4) is 5.75 Å². The molecule has 57 heavy (non-hydrogen) atoms. The lowest BCUT2D eigenvalue weighted by molar-refractivity contribution is -0.127. The van der Waals surface area contributed by atoms with Crippen molar-refractivity contribution in [3.05, 3.63) is 96.6 Å². The Morgan fingerprint density at radius 3 is 2.21 bits per heavy atom. The first-order chi connectivity index (χ1) is 27.4. The van der Waals surface area contributed by atoms with E-state index in [1.54, 1.807) is 9.80 Å². The summed E-state index contributed by atoms with van der Waals surface area (Å²) in [5.41, 5.74) is 6.59. The summed E-state index contributed by atoms with van der Waals surface area (Å²) in [4.78, 5) is 37.8. The van der Waals surface area contributed by atoms with Crippen LogP contribution in [0.4, 0.5) is 30.6 Å². The number of aliphatic hydroxyl groups is 1. The van der Waals surface area contributed by atoms with Crippen LogP contribution in [0.1, 0.15) is 38.7 Å². The molecule has 3 N–H and O–H groups in total. The summed E-state index contributed by atoms with van der Waals surface area (Å²) in [6.45, 7) is 7.78. The van der Waals surface area contributed by atoms with E-state index >= 15 is 0 Å². The molecule has 0 radical (unpaired) electrons. The lowest BCUT2D eigenvalue weighted by Gasteiger charge is -2.37. The molecule has 8 rings (SSSR count). The van der Waals surface area contributed by atoms with Gasteiger partial charge in [0.2, 0.25) is 5.91 Å². The monoisotopic (exact) mass is 786 g/mol. The van der Waals surface area contributed by atoms with Crippen LogP contribution >= 0.6 is 0 Å². The van der Waals surface area contributed by atoms with Crippen LogP contribution in [0.3, 0.4) is 0 Å². The summed E-state index contributed by atoms with van der Waals surface area (Å²) in [6, 6.07) is 18.8. The fraction of sp³-hybridized carbons (Fsp3) is 0.463. The van der Waals surface area contributed by atoms with E-state index in [9.17, 15) is 23.5 Å². The summed E-state index contributed by atoms with van der Waals surface area (Å²) in [5.74, 6) is -1.26. The molecule has 2 unspecified atom stereocenters. The maximum atomic E-state index is 15.0. The van der Waals surface area contributed by atoms with Crippen LogP contribution in [0.25, 0.3) is 0 Å². The number of anilines is 3. The van der Waals surface area contributed by atoms with Gasteiger partial charge >= 0.3 is 6.03 Å². The van der Waals surface area contributed by atoms with Gasteiger partial charge in [-0.25, -0.2) is 23.2 Å². The Morgan fingerprint density at radius 1 is 0.982 bits per heavy atom. The van der Waals surface area contributed by atoms with E-state index in [0.29, 0.717) is 31.6 Å². The third kappa shape index (κ3) is 7.73. The first-order valence-corrected chi connectivity index (χ1v) is 19.4. The van der Waals surface area contributed by atoms with Crippen molar-refractivity contribution in [1.82, 2.24) is 19.7 Å². The van der Waals surface area contributed by atoms with Crippen molar-refractivity contribution in [2.24, 2.45) is 11.1 Å². The number of hydrogen-bond donors (Lipinski definition) is 2. The largest absolute Gasteiger partial charge is 0.488 e. The molecule has 4 aliphatic rings. The van der Waals surface area contributed by atoms with Crippen molar-refractivity contribution < 1.29 is 37.7 Å². The predicted molar refractivity (Wildman–Crippen MR) is 207 cm³/mol. The standard InChI is InChI=1S/C41H48F2N8O6/c1-27(2)51-32(20-36(52)40(13-14-40)38(44)53)21-50(39(51)54)31-6-4-29(5-7-31)47-15-17-48(18-16-47)30-8-10-33(11-9-30)55-22-37-56-24-41(57-37,23-49-26-45-25-46-49)34-12-3-28(42)19-35(34)43/h3-12,19,25-27,32,36-37,52H,13-18,20-24H2,1-2H3,(H2,44,53)/t32?,36?,37-,41+/m0/s1. The van der Waals surface area contributed by atoms with Crippen molar-refractivity contribution in [3.63, 3.8) is 0 Å². The summed E-state index contributed by atoms with van der Waals surface area (Å²) in [5, 5.41) is 15.1. The van der Waals surface area contributed by atoms with Crippen LogP contribution < -0.4 is 25.2 Å². The third-order valence-corrected chi connectivity index (χ3v) is 11.8. The smallest absolute Gasteiger partial charge is 0.325 e. The van der Waals surface area contributed by atoms with Crippen LogP contribution in [0.5, 0.6) is 5.75 Å². The molecule has 3 aliphatic heterocycles. The van der Waals surface area contributed by atoms with Crippen LogP contribution in [-0.4, -0.2) is 107 Å². The maximum Gasteiger partial charge on any atom is 0.325 e. The second kappa shape index (κ2) is 15.6. The molecule has 3 amide bonds. The van der Waals surface area contributed by atoms with Gasteiger partial charge in [0.1, 0.15) is 42.2 Å². The van der Waals surface area contributed by atoms with Gasteiger partial charge in [0, 0.05) is 67.5 Å². The molecular formula is C41H48F2N8O6. The minimum Gasteiger partial charge on any atom is -0.488 e. The maximum absolute atomic E-state index is 15.0. The summed E-state index contributed by atoms with van der Waals surface area (Å²) in [6.07, 6.45) is 2.67. The van der Waals surface area contributed by atoms with Gasteiger partial charge in [-0.15, -0.1) is 0 Å². The van der Waals surface area contributed by atoms with E-state index in [0.717, 1.165) is 49.3 Å². The Balaban J connectivity index is 0.832. The van der Waals surface area contributed by atoms with Gasteiger partial charge in [-0.3, -0.25) is 9.69 Å². The normalized spacial score (nSPS) is 23.7. The van der Waals surface area contributed by atoms with Crippen molar-refractivity contribution in [1.29, 1.82) is 0 Å². The summed E-state index contributed by atoms with van der Waals surface area (Å²) < 4.78 is 48.4. The molecule has 3 saturated heterocycles. The average Bonchev–Trinajstić information content (AvgIpc) is 3.49. The molecule has 1 aliphatic carbocycles. The summed E-state index contributed by atoms with van der Waals surface area (Å²) >= 11 is 0. The predicted octanol–water partition coefficient (Wildman–Crippen LogP) is 4.27. The first-order valence-electron chi connectivity index (χ1n) is 19.4. The van der Waals surface area contributed by atoms with Crippen molar-refractivity contribution in [2.75, 3.05) is 60.6 Å². The van der Waals surface area contributed by atoms with Crippen LogP contribution in [0, 0.1) is 17.0 Å². The van der Waals surface area contributed by atoms with E-state index < -0.39 is 41.0 Å². The minimum absolute atomic E-state index is 0.0150. The Hall–Kier alpha value is -5.32. The molecule has 4 aromatic rings. The fourth-order valence-corrected chi connectivity index (χ4v) is 8.44. The highest BCUT2D eigenvalue weighted by atomic mass is 19.1. The Morgan fingerprint density at radius 2 is 1.63 bits per heavy atom. The van der Waals surface area contributed by atoms with E-state index in [4.69, 9.17) is 19.9 Å². The number of amides is 3. The Bertz CT molecular complexity index is 2040. The zero-order chi connectivity index (χ0) is 39.9. The zero-order valence-electron chi connectivity index (χ0n) is 32.0. The number of nitrogens with zero attached hydrogens (tertiary/aromatic N) is 7. The second-order valence-corrected chi connectivity index (χ2v) is 15.7. The fourth-order valence-electron chi connectivity index (χ4n) is 8.44. The molecule has 4 fully saturated rings. The average molecular weight is 787 g/mol. The molecule has 1 saturated carbocycles. The number of carbonyl (C=O) groups excluding carboxylic acids is 2. The van der Waals surface area contributed by atoms with Gasteiger partial charge in [-0.05, 0) is 87.7 Å². The highest BCUT2D eigenvalue weighted by molar-refractivity contribution is 5.95. The van der Waals surface area contributed by atoms with Gasteiger partial charge in [0.05, 0.1) is 30.7 Å². The zero-order valence-corrected chi connectivity index (χ0v) is 32.0. The molecule has 1 aromatic heterocycles. The van der Waals surface area contributed by atoms with Crippen LogP contribution in [0.15, 0.2) is 79.4 Å². The minimum atomic E-state index is -1.25. The topological polar surface area (TPSA) is 152 Å². The van der Waals surface area contributed by atoms with Crippen LogP contribution in [0.2, 0.25) is 0 Å². The number of nitrogens with two attached hydrogens (primary N) is 1. The number of ether oxygens (including phenoxy) is 3. The molecule has 0 spiro atoms. The number of carbonyl (C=O) groups is 2. The number of piperazine rings is 1. The lowest BCUT2D eigenvalue weighted by atomic mass is 9.92. The number of aliphatic hydroxyl groups excluding tert-OH is 1. The van der Waals surface area contributed by atoms with E-state index in [-0.39, 0.29) is 43.4 Å². The van der Waals surface area contributed by atoms with Crippen LogP contribution in [-0.2, 0) is 26.4 Å². The quantitative estimate of drug-likeness (QED) is 0.190. The number of benzene rings is 3. The Labute approximate surface area is 329 Å². The second-order valence-electron chi connectivity index (χ2n) is 15.7. The molecule has 4 heterocycles. The molecule has 302 valence electrons. The first kappa shape index (κ1) is 38.5. The number of primary amides is 1. The molecule has 3 aromatic carbocycles. The van der Waals surface area contributed by atoms with Gasteiger partial charge in [-0.2, -0.15) is 5.10 Å². The van der Waals surface area contributed by atoms with Gasteiger partial charge < -0.3 is 39.8 Å². The third-order valence-electron chi connectivity index (χ3n) is 11.8. The molecule has 14 nitrogen and oxygen atoms in total. The molecule has 4 atom stereocenters. The van der Waals surface area contributed by atoms with E-state index in [2.05, 4.69) is 19.9 Å². The van der Waals surface area contributed by atoms with Gasteiger partial charge in [0.15, 0.2) is 6.29 Å². The molecule has 0 bridgehead atoms. The number of halogens is 2. The van der Waals surface area contributed by atoms with E-state index in [1.165, 1.54) is 29.5 Å². The number of rotatable bonds is 14. The summed E-state index contributed by atoms with van der Waals surface area (Å²) in [7, 11) is 0. The Kier molecular flexibility index (Phi) is 10.5.